The van der Waals surface area contributed by atoms with E-state index in [1.54, 1.807) is 34.8 Å². The van der Waals surface area contributed by atoms with Crippen molar-refractivity contribution in [2.75, 3.05) is 12.1 Å². The fourth-order valence-corrected chi connectivity index (χ4v) is 3.55. The summed E-state index contributed by atoms with van der Waals surface area (Å²) in [6.45, 7) is 3.84. The molecule has 150 valence electrons. The lowest BCUT2D eigenvalue weighted by Gasteiger charge is -2.09. The maximum atomic E-state index is 13.3. The minimum atomic E-state index is -0.308. The second-order valence-electron chi connectivity index (χ2n) is 6.98. The highest BCUT2D eigenvalue weighted by molar-refractivity contribution is 6.05. The van der Waals surface area contributed by atoms with Crippen LogP contribution in [0.3, 0.4) is 0 Å². The van der Waals surface area contributed by atoms with Crippen molar-refractivity contribution in [3.05, 3.63) is 71.4 Å². The van der Waals surface area contributed by atoms with Crippen molar-refractivity contribution < 1.29 is 18.7 Å². The normalized spacial score (nSPS) is 12.4. The van der Waals surface area contributed by atoms with Crippen LogP contribution in [0.5, 0.6) is 11.5 Å². The number of hydrogen-bond acceptors (Lipinski definition) is 5. The summed E-state index contributed by atoms with van der Waals surface area (Å²) in [6.07, 6.45) is 1.53. The summed E-state index contributed by atoms with van der Waals surface area (Å²) in [5, 5.41) is 7.41. The van der Waals surface area contributed by atoms with Gasteiger partial charge in [-0.15, -0.1) is 0 Å². The molecule has 2 aromatic carbocycles. The van der Waals surface area contributed by atoms with Gasteiger partial charge in [0.25, 0.3) is 5.91 Å². The lowest BCUT2D eigenvalue weighted by Crippen LogP contribution is -2.16. The van der Waals surface area contributed by atoms with Gasteiger partial charge in [-0.25, -0.2) is 13.9 Å². The Morgan fingerprint density at radius 1 is 1.10 bits per heavy atom. The number of rotatable bonds is 3. The summed E-state index contributed by atoms with van der Waals surface area (Å²) < 4.78 is 25.6. The number of amides is 1. The van der Waals surface area contributed by atoms with Gasteiger partial charge in [-0.1, -0.05) is 12.1 Å². The smallest absolute Gasteiger partial charge is 0.259 e. The molecule has 1 aliphatic rings. The summed E-state index contributed by atoms with van der Waals surface area (Å²) in [4.78, 5) is 17.4. The van der Waals surface area contributed by atoms with Crippen LogP contribution in [0.25, 0.3) is 16.8 Å². The van der Waals surface area contributed by atoms with Crippen LogP contribution in [0.2, 0.25) is 0 Å². The highest BCUT2D eigenvalue weighted by Crippen LogP contribution is 2.34. The molecule has 0 spiro atoms. The van der Waals surface area contributed by atoms with Gasteiger partial charge in [-0.05, 0) is 43.7 Å². The summed E-state index contributed by atoms with van der Waals surface area (Å²) in [6, 6.07) is 11.4. The number of carbonyl (C=O) groups excluding carboxylic acids is 1. The van der Waals surface area contributed by atoms with Crippen LogP contribution in [0.1, 0.15) is 21.7 Å². The van der Waals surface area contributed by atoms with Crippen LogP contribution in [-0.2, 0) is 0 Å². The van der Waals surface area contributed by atoms with E-state index >= 15 is 0 Å². The second kappa shape index (κ2) is 6.84. The Morgan fingerprint density at radius 2 is 1.87 bits per heavy atom. The molecular formula is C22H17FN4O3. The third-order valence-electron chi connectivity index (χ3n) is 5.07. The number of ether oxygens (including phenoxy) is 2. The molecule has 3 heterocycles. The van der Waals surface area contributed by atoms with Gasteiger partial charge in [0.1, 0.15) is 5.82 Å². The zero-order valence-electron chi connectivity index (χ0n) is 16.3. The molecule has 0 fully saturated rings. The third kappa shape index (κ3) is 2.93. The quantitative estimate of drug-likeness (QED) is 0.556. The maximum Gasteiger partial charge on any atom is 0.259 e. The Balaban J connectivity index is 1.50. The molecule has 7 nitrogen and oxygen atoms in total. The average Bonchev–Trinajstić information content (AvgIpc) is 3.33. The van der Waals surface area contributed by atoms with Gasteiger partial charge in [0.05, 0.1) is 17.0 Å². The number of nitrogens with one attached hydrogen (secondary N) is 1. The fraction of sp³-hybridized carbons (Fsp3) is 0.136. The van der Waals surface area contributed by atoms with Crippen molar-refractivity contribution in [1.82, 2.24) is 14.6 Å². The average molecular weight is 404 g/mol. The number of benzene rings is 2. The number of hydrogen-bond donors (Lipinski definition) is 1. The van der Waals surface area contributed by atoms with Crippen LogP contribution in [0.15, 0.2) is 48.7 Å². The molecule has 1 aliphatic heterocycles. The van der Waals surface area contributed by atoms with Crippen LogP contribution in [0, 0.1) is 19.7 Å². The highest BCUT2D eigenvalue weighted by atomic mass is 19.1. The fourth-order valence-electron chi connectivity index (χ4n) is 3.55. The monoisotopic (exact) mass is 404 g/mol. The first-order valence-electron chi connectivity index (χ1n) is 9.33. The molecule has 0 saturated heterocycles. The number of aromatic nitrogens is 3. The van der Waals surface area contributed by atoms with Crippen molar-refractivity contribution >= 4 is 17.2 Å². The molecule has 5 rings (SSSR count). The molecule has 0 atom stereocenters. The molecule has 8 heteroatoms. The molecule has 0 radical (unpaired) electrons. The van der Waals surface area contributed by atoms with Crippen molar-refractivity contribution in [3.8, 4) is 22.6 Å². The van der Waals surface area contributed by atoms with E-state index in [0.29, 0.717) is 34.1 Å². The molecule has 0 bridgehead atoms. The number of fused-ring (bicyclic) bond motifs is 2. The van der Waals surface area contributed by atoms with Crippen LogP contribution in [-0.4, -0.2) is 27.3 Å². The predicted octanol–water partition coefficient (Wildman–Crippen LogP) is 4.13. The van der Waals surface area contributed by atoms with E-state index in [0.717, 1.165) is 16.8 Å². The standard InChI is InChI=1S/C22H17FN4O3/c1-12-20(14-3-5-15(23)6-4-14)21-24-10-17(13(2)27(21)26-12)22(28)25-16-7-8-18-19(9-16)30-11-29-18/h3-10H,11H2,1-2H3,(H,25,28). The molecule has 4 aromatic rings. The summed E-state index contributed by atoms with van der Waals surface area (Å²) in [5.74, 6) is 0.620. The zero-order chi connectivity index (χ0) is 20.8. The van der Waals surface area contributed by atoms with Gasteiger partial charge in [-0.3, -0.25) is 4.79 Å². The Morgan fingerprint density at radius 3 is 2.67 bits per heavy atom. The van der Waals surface area contributed by atoms with E-state index in [1.165, 1.54) is 18.3 Å². The molecule has 0 aliphatic carbocycles. The number of nitrogens with zero attached hydrogens (tertiary/aromatic N) is 3. The SMILES string of the molecule is Cc1nn2c(C)c(C(=O)Nc3ccc4c(c3)OCO4)cnc2c1-c1ccc(F)cc1. The van der Waals surface area contributed by atoms with Gasteiger partial charge >= 0.3 is 0 Å². The Bertz CT molecular complexity index is 1300. The first kappa shape index (κ1) is 18.1. The lowest BCUT2D eigenvalue weighted by molar-refractivity contribution is 0.102. The van der Waals surface area contributed by atoms with E-state index in [2.05, 4.69) is 15.4 Å². The topological polar surface area (TPSA) is 77.8 Å². The van der Waals surface area contributed by atoms with Crippen molar-refractivity contribution in [3.63, 3.8) is 0 Å². The molecule has 2 aromatic heterocycles. The minimum Gasteiger partial charge on any atom is -0.454 e. The highest BCUT2D eigenvalue weighted by Gasteiger charge is 2.20. The third-order valence-corrected chi connectivity index (χ3v) is 5.07. The number of aryl methyl sites for hydroxylation is 2. The minimum absolute atomic E-state index is 0.168. The van der Waals surface area contributed by atoms with Crippen LogP contribution >= 0.6 is 0 Å². The Labute approximate surface area is 171 Å². The number of anilines is 1. The van der Waals surface area contributed by atoms with Gasteiger partial charge in [0.15, 0.2) is 17.1 Å². The lowest BCUT2D eigenvalue weighted by atomic mass is 10.1. The molecule has 0 saturated carbocycles. The van der Waals surface area contributed by atoms with Crippen molar-refractivity contribution in [2.24, 2.45) is 0 Å². The van der Waals surface area contributed by atoms with Crippen molar-refractivity contribution in [1.29, 1.82) is 0 Å². The first-order valence-corrected chi connectivity index (χ1v) is 9.33. The summed E-state index contributed by atoms with van der Waals surface area (Å²) >= 11 is 0. The Kier molecular flexibility index (Phi) is 4.13. The van der Waals surface area contributed by atoms with Gasteiger partial charge in [-0.2, -0.15) is 5.10 Å². The zero-order valence-corrected chi connectivity index (χ0v) is 16.3. The van der Waals surface area contributed by atoms with Crippen LogP contribution in [0.4, 0.5) is 10.1 Å². The number of carbonyl (C=O) groups is 1. The maximum absolute atomic E-state index is 13.3. The van der Waals surface area contributed by atoms with Crippen molar-refractivity contribution in [2.45, 2.75) is 13.8 Å². The van der Waals surface area contributed by atoms with Gasteiger partial charge in [0.2, 0.25) is 6.79 Å². The molecule has 1 amide bonds. The molecule has 30 heavy (non-hydrogen) atoms. The summed E-state index contributed by atoms with van der Waals surface area (Å²) in [5.41, 5.74) is 4.60. The molecule has 0 unspecified atom stereocenters. The van der Waals surface area contributed by atoms with Crippen LogP contribution < -0.4 is 14.8 Å². The largest absolute Gasteiger partial charge is 0.454 e. The second-order valence-corrected chi connectivity index (χ2v) is 6.98. The van der Waals surface area contributed by atoms with E-state index in [4.69, 9.17) is 9.47 Å². The van der Waals surface area contributed by atoms with Gasteiger partial charge < -0.3 is 14.8 Å². The van der Waals surface area contributed by atoms with E-state index in [1.807, 2.05) is 13.8 Å². The van der Waals surface area contributed by atoms with E-state index in [9.17, 15) is 9.18 Å². The molecule has 1 N–H and O–H groups in total. The predicted molar refractivity (Wildman–Crippen MR) is 108 cm³/mol. The Hall–Kier alpha value is -3.94. The summed E-state index contributed by atoms with van der Waals surface area (Å²) in [7, 11) is 0. The van der Waals surface area contributed by atoms with E-state index in [-0.39, 0.29) is 18.5 Å². The number of halogens is 1. The van der Waals surface area contributed by atoms with E-state index < -0.39 is 0 Å². The first-order chi connectivity index (χ1) is 14.5. The molecular weight excluding hydrogens is 387 g/mol. The van der Waals surface area contributed by atoms with Gasteiger partial charge in [0, 0.05) is 23.5 Å².